The van der Waals surface area contributed by atoms with E-state index in [-0.39, 0.29) is 5.54 Å². The van der Waals surface area contributed by atoms with Gasteiger partial charge in [0.2, 0.25) is 0 Å². The molecule has 0 radical (unpaired) electrons. The average Bonchev–Trinajstić information content (AvgIpc) is 2.66. The predicted octanol–water partition coefficient (Wildman–Crippen LogP) is 1.53. The first-order valence-corrected chi connectivity index (χ1v) is 6.41. The number of nitrogens with zero attached hydrogens (tertiary/aromatic N) is 1. The van der Waals surface area contributed by atoms with Gasteiger partial charge in [0.15, 0.2) is 0 Å². The van der Waals surface area contributed by atoms with Gasteiger partial charge in [0.25, 0.3) is 0 Å². The highest BCUT2D eigenvalue weighted by atomic mass is 16.5. The Kier molecular flexibility index (Phi) is 3.78. The van der Waals surface area contributed by atoms with Crippen LogP contribution in [-0.4, -0.2) is 43.7 Å². The minimum absolute atomic E-state index is 0.0112. The van der Waals surface area contributed by atoms with Crippen molar-refractivity contribution in [3.8, 4) is 5.75 Å². The summed E-state index contributed by atoms with van der Waals surface area (Å²) in [5.74, 6) is 0.874. The number of nitrogens with two attached hydrogens (primary N) is 1. The van der Waals surface area contributed by atoms with Gasteiger partial charge in [-0.25, -0.2) is 0 Å². The topological polar surface area (TPSA) is 50.5 Å². The number of ether oxygens (including phenoxy) is 1. The smallest absolute Gasteiger partial charge is 0.119 e. The van der Waals surface area contributed by atoms with Gasteiger partial charge in [-0.15, -0.1) is 0 Å². The van der Waals surface area contributed by atoms with Crippen LogP contribution >= 0.6 is 0 Å². The SMILES string of the molecule is COc1ccc(NC2(CN)CC(C)N(C)C2)cc1. The molecule has 0 saturated carbocycles. The molecule has 1 aliphatic rings. The molecular weight excluding hydrogens is 226 g/mol. The first-order valence-electron chi connectivity index (χ1n) is 6.41. The minimum Gasteiger partial charge on any atom is -0.497 e. The van der Waals surface area contributed by atoms with Crippen molar-refractivity contribution in [2.75, 3.05) is 32.6 Å². The normalized spacial score (nSPS) is 28.3. The standard InChI is InChI=1S/C14H23N3O/c1-11-8-14(9-15,10-17(11)2)16-12-4-6-13(18-3)7-5-12/h4-7,11,16H,8-10,15H2,1-3H3. The van der Waals surface area contributed by atoms with E-state index in [0.717, 1.165) is 24.4 Å². The summed E-state index contributed by atoms with van der Waals surface area (Å²) in [5.41, 5.74) is 7.07. The van der Waals surface area contributed by atoms with Crippen molar-refractivity contribution in [3.63, 3.8) is 0 Å². The highest BCUT2D eigenvalue weighted by Gasteiger charge is 2.39. The van der Waals surface area contributed by atoms with Gasteiger partial charge in [-0.05, 0) is 44.7 Å². The van der Waals surface area contributed by atoms with Crippen molar-refractivity contribution < 1.29 is 4.74 Å². The molecule has 1 aromatic carbocycles. The Morgan fingerprint density at radius 1 is 1.44 bits per heavy atom. The fourth-order valence-electron chi connectivity index (χ4n) is 2.69. The van der Waals surface area contributed by atoms with Crippen LogP contribution < -0.4 is 15.8 Å². The summed E-state index contributed by atoms with van der Waals surface area (Å²) in [6, 6.07) is 8.58. The van der Waals surface area contributed by atoms with Gasteiger partial charge in [0, 0.05) is 24.8 Å². The fourth-order valence-corrected chi connectivity index (χ4v) is 2.69. The van der Waals surface area contributed by atoms with Crippen LogP contribution in [-0.2, 0) is 0 Å². The van der Waals surface area contributed by atoms with E-state index >= 15 is 0 Å². The van der Waals surface area contributed by atoms with Crippen molar-refractivity contribution >= 4 is 5.69 Å². The molecule has 18 heavy (non-hydrogen) atoms. The van der Waals surface area contributed by atoms with E-state index in [1.807, 2.05) is 24.3 Å². The maximum atomic E-state index is 5.98. The lowest BCUT2D eigenvalue weighted by molar-refractivity contribution is 0.323. The second-order valence-electron chi connectivity index (χ2n) is 5.31. The lowest BCUT2D eigenvalue weighted by Gasteiger charge is -2.30. The molecule has 2 atom stereocenters. The van der Waals surface area contributed by atoms with E-state index < -0.39 is 0 Å². The predicted molar refractivity (Wildman–Crippen MR) is 75.1 cm³/mol. The number of likely N-dealkylation sites (N-methyl/N-ethyl adjacent to an activating group) is 1. The lowest BCUT2D eigenvalue weighted by Crippen LogP contribution is -2.47. The summed E-state index contributed by atoms with van der Waals surface area (Å²) in [5, 5.41) is 3.59. The van der Waals surface area contributed by atoms with Crippen LogP contribution in [0.25, 0.3) is 0 Å². The number of hydrogen-bond donors (Lipinski definition) is 2. The molecule has 1 fully saturated rings. The van der Waals surface area contributed by atoms with Gasteiger partial charge >= 0.3 is 0 Å². The quantitative estimate of drug-likeness (QED) is 0.849. The number of likely N-dealkylation sites (tertiary alicyclic amines) is 1. The van der Waals surface area contributed by atoms with Crippen LogP contribution in [0.5, 0.6) is 5.75 Å². The molecule has 0 amide bonds. The molecule has 0 bridgehead atoms. The summed E-state index contributed by atoms with van der Waals surface area (Å²) in [6.45, 7) is 3.87. The molecular formula is C14H23N3O. The molecule has 3 N–H and O–H groups in total. The van der Waals surface area contributed by atoms with E-state index in [2.05, 4.69) is 24.2 Å². The number of hydrogen-bond acceptors (Lipinski definition) is 4. The zero-order valence-corrected chi connectivity index (χ0v) is 11.4. The number of nitrogens with one attached hydrogen (secondary N) is 1. The van der Waals surface area contributed by atoms with Gasteiger partial charge in [-0.3, -0.25) is 0 Å². The number of benzene rings is 1. The van der Waals surface area contributed by atoms with Gasteiger partial charge in [0.05, 0.1) is 12.6 Å². The molecule has 0 spiro atoms. The third-order valence-corrected chi connectivity index (χ3v) is 3.88. The van der Waals surface area contributed by atoms with Gasteiger partial charge in [-0.1, -0.05) is 0 Å². The molecule has 1 aliphatic heterocycles. The maximum absolute atomic E-state index is 5.98. The summed E-state index contributed by atoms with van der Waals surface area (Å²) >= 11 is 0. The van der Waals surface area contributed by atoms with Crippen LogP contribution in [0.1, 0.15) is 13.3 Å². The maximum Gasteiger partial charge on any atom is 0.119 e. The van der Waals surface area contributed by atoms with E-state index in [4.69, 9.17) is 10.5 Å². The van der Waals surface area contributed by atoms with Crippen LogP contribution in [0.2, 0.25) is 0 Å². The zero-order valence-electron chi connectivity index (χ0n) is 11.4. The monoisotopic (exact) mass is 249 g/mol. The molecule has 1 aromatic rings. The van der Waals surface area contributed by atoms with Gasteiger partial charge < -0.3 is 20.7 Å². The molecule has 1 heterocycles. The second-order valence-corrected chi connectivity index (χ2v) is 5.31. The van der Waals surface area contributed by atoms with Crippen LogP contribution in [0.4, 0.5) is 5.69 Å². The van der Waals surface area contributed by atoms with Crippen LogP contribution in [0, 0.1) is 0 Å². The fraction of sp³-hybridized carbons (Fsp3) is 0.571. The van der Waals surface area contributed by atoms with E-state index in [0.29, 0.717) is 12.6 Å². The molecule has 1 saturated heterocycles. The Morgan fingerprint density at radius 3 is 2.56 bits per heavy atom. The summed E-state index contributed by atoms with van der Waals surface area (Å²) in [7, 11) is 3.83. The summed E-state index contributed by atoms with van der Waals surface area (Å²) in [4.78, 5) is 2.35. The Morgan fingerprint density at radius 2 is 2.11 bits per heavy atom. The Hall–Kier alpha value is -1.26. The Bertz CT molecular complexity index is 381. The Labute approximate surface area is 109 Å². The zero-order chi connectivity index (χ0) is 13.2. The summed E-state index contributed by atoms with van der Waals surface area (Å²) in [6.07, 6.45) is 1.08. The van der Waals surface area contributed by atoms with Crippen LogP contribution in [0.3, 0.4) is 0 Å². The van der Waals surface area contributed by atoms with E-state index in [9.17, 15) is 0 Å². The molecule has 100 valence electrons. The van der Waals surface area contributed by atoms with Gasteiger partial charge in [0.1, 0.15) is 5.75 Å². The third-order valence-electron chi connectivity index (χ3n) is 3.88. The van der Waals surface area contributed by atoms with E-state index in [1.165, 1.54) is 0 Å². The number of anilines is 1. The van der Waals surface area contributed by atoms with Gasteiger partial charge in [-0.2, -0.15) is 0 Å². The van der Waals surface area contributed by atoms with Crippen molar-refractivity contribution in [3.05, 3.63) is 24.3 Å². The second kappa shape index (κ2) is 5.16. The number of rotatable bonds is 4. The van der Waals surface area contributed by atoms with Crippen molar-refractivity contribution in [1.29, 1.82) is 0 Å². The molecule has 4 nitrogen and oxygen atoms in total. The largest absolute Gasteiger partial charge is 0.497 e. The highest BCUT2D eigenvalue weighted by molar-refractivity contribution is 5.49. The van der Waals surface area contributed by atoms with Crippen molar-refractivity contribution in [2.45, 2.75) is 24.9 Å². The number of methoxy groups -OCH3 is 1. The lowest BCUT2D eigenvalue weighted by atomic mass is 9.96. The van der Waals surface area contributed by atoms with Crippen molar-refractivity contribution in [2.24, 2.45) is 5.73 Å². The molecule has 0 aliphatic carbocycles. The molecule has 2 rings (SSSR count). The average molecular weight is 249 g/mol. The molecule has 0 aromatic heterocycles. The molecule has 4 heteroatoms. The third kappa shape index (κ3) is 2.60. The van der Waals surface area contributed by atoms with Crippen LogP contribution in [0.15, 0.2) is 24.3 Å². The minimum atomic E-state index is -0.0112. The molecule has 2 unspecified atom stereocenters. The highest BCUT2D eigenvalue weighted by Crippen LogP contribution is 2.29. The summed E-state index contributed by atoms with van der Waals surface area (Å²) < 4.78 is 5.16. The van der Waals surface area contributed by atoms with Crippen molar-refractivity contribution in [1.82, 2.24) is 4.90 Å². The van der Waals surface area contributed by atoms with E-state index in [1.54, 1.807) is 7.11 Å². The Balaban J connectivity index is 2.10. The first-order chi connectivity index (χ1) is 8.58. The first kappa shape index (κ1) is 13.2.